The Balaban J connectivity index is 1.98. The van der Waals surface area contributed by atoms with Gasteiger partial charge in [0.05, 0.1) is 6.54 Å². The Morgan fingerprint density at radius 1 is 1.56 bits per heavy atom. The van der Waals surface area contributed by atoms with Crippen molar-refractivity contribution >= 4 is 0 Å². The first-order valence-electron chi connectivity index (χ1n) is 6.09. The number of aryl methyl sites for hydroxylation is 1. The van der Waals surface area contributed by atoms with Crippen LogP contribution >= 0.6 is 0 Å². The molecule has 0 aromatic carbocycles. The van der Waals surface area contributed by atoms with Crippen LogP contribution in [-0.2, 0) is 13.6 Å². The van der Waals surface area contributed by atoms with E-state index in [0.29, 0.717) is 6.04 Å². The van der Waals surface area contributed by atoms with E-state index in [4.69, 9.17) is 0 Å². The Morgan fingerprint density at radius 3 is 3.12 bits per heavy atom. The zero-order valence-corrected chi connectivity index (χ0v) is 10.2. The molecular weight excluding hydrogens is 202 g/mol. The first kappa shape index (κ1) is 11.5. The van der Waals surface area contributed by atoms with Crippen molar-refractivity contribution in [2.24, 2.45) is 7.05 Å². The smallest absolute Gasteiger partial charge is 0.140 e. The normalized spacial score (nSPS) is 22.5. The van der Waals surface area contributed by atoms with Gasteiger partial charge in [-0.05, 0) is 6.42 Å². The van der Waals surface area contributed by atoms with Gasteiger partial charge in [0.15, 0.2) is 0 Å². The Kier molecular flexibility index (Phi) is 3.90. The minimum Gasteiger partial charge on any atom is -0.314 e. The molecule has 1 aliphatic rings. The highest BCUT2D eigenvalue weighted by Gasteiger charge is 2.22. The molecule has 0 bridgehead atoms. The molecular formula is C11H21N5. The lowest BCUT2D eigenvalue weighted by Gasteiger charge is -2.35. The van der Waals surface area contributed by atoms with Gasteiger partial charge in [0.2, 0.25) is 0 Å². The Bertz CT molecular complexity index is 320. The quantitative estimate of drug-likeness (QED) is 0.802. The third-order valence-electron chi connectivity index (χ3n) is 3.24. The van der Waals surface area contributed by atoms with Gasteiger partial charge in [-0.1, -0.05) is 13.3 Å². The number of hydrogen-bond donors (Lipinski definition) is 1. The average molecular weight is 223 g/mol. The molecule has 1 aliphatic heterocycles. The molecule has 2 heterocycles. The fourth-order valence-electron chi connectivity index (χ4n) is 2.27. The average Bonchev–Trinajstić information content (AvgIpc) is 2.68. The summed E-state index contributed by atoms with van der Waals surface area (Å²) in [6.07, 6.45) is 4.12. The van der Waals surface area contributed by atoms with Gasteiger partial charge in [-0.2, -0.15) is 5.10 Å². The van der Waals surface area contributed by atoms with E-state index in [2.05, 4.69) is 27.2 Å². The first-order valence-corrected chi connectivity index (χ1v) is 6.09. The van der Waals surface area contributed by atoms with Crippen molar-refractivity contribution in [3.05, 3.63) is 12.2 Å². The van der Waals surface area contributed by atoms with Crippen molar-refractivity contribution in [3.63, 3.8) is 0 Å². The summed E-state index contributed by atoms with van der Waals surface area (Å²) in [5.74, 6) is 1.06. The van der Waals surface area contributed by atoms with Gasteiger partial charge < -0.3 is 5.32 Å². The predicted molar refractivity (Wildman–Crippen MR) is 63.0 cm³/mol. The van der Waals surface area contributed by atoms with Gasteiger partial charge in [-0.3, -0.25) is 9.58 Å². The lowest BCUT2D eigenvalue weighted by atomic mass is 10.1. The summed E-state index contributed by atoms with van der Waals surface area (Å²) in [6, 6.07) is 0.649. The van der Waals surface area contributed by atoms with Crippen molar-refractivity contribution in [2.75, 3.05) is 19.6 Å². The van der Waals surface area contributed by atoms with Gasteiger partial charge in [0, 0.05) is 32.7 Å². The van der Waals surface area contributed by atoms with Crippen molar-refractivity contribution < 1.29 is 0 Å². The van der Waals surface area contributed by atoms with E-state index < -0.39 is 0 Å². The standard InChI is InChI=1S/C11H21N5/c1-3-4-10-7-12-5-6-16(10)8-11-13-9-14-15(11)2/h9-10,12H,3-8H2,1-2H3. The number of nitrogens with one attached hydrogen (secondary N) is 1. The molecule has 0 spiro atoms. The van der Waals surface area contributed by atoms with Crippen LogP contribution in [0.15, 0.2) is 6.33 Å². The van der Waals surface area contributed by atoms with E-state index in [1.54, 1.807) is 6.33 Å². The molecule has 5 nitrogen and oxygen atoms in total. The van der Waals surface area contributed by atoms with E-state index in [1.165, 1.54) is 12.8 Å². The fourth-order valence-corrected chi connectivity index (χ4v) is 2.27. The van der Waals surface area contributed by atoms with Crippen LogP contribution in [0.3, 0.4) is 0 Å². The van der Waals surface area contributed by atoms with Gasteiger partial charge in [0.25, 0.3) is 0 Å². The van der Waals surface area contributed by atoms with E-state index in [0.717, 1.165) is 32.0 Å². The van der Waals surface area contributed by atoms with E-state index >= 15 is 0 Å². The summed E-state index contributed by atoms with van der Waals surface area (Å²) in [5.41, 5.74) is 0. The maximum atomic E-state index is 4.29. The molecule has 1 aromatic rings. The minimum atomic E-state index is 0.649. The predicted octanol–water partition coefficient (Wildman–Crippen LogP) is 0.389. The molecule has 0 radical (unpaired) electrons. The second-order valence-corrected chi connectivity index (χ2v) is 4.42. The van der Waals surface area contributed by atoms with Gasteiger partial charge in [-0.15, -0.1) is 0 Å². The summed E-state index contributed by atoms with van der Waals surface area (Å²) in [4.78, 5) is 6.81. The number of piperazine rings is 1. The van der Waals surface area contributed by atoms with Crippen molar-refractivity contribution in [2.45, 2.75) is 32.4 Å². The highest BCUT2D eigenvalue weighted by molar-refractivity contribution is 4.88. The van der Waals surface area contributed by atoms with Crippen molar-refractivity contribution in [1.29, 1.82) is 0 Å². The molecule has 0 aliphatic carbocycles. The third kappa shape index (κ3) is 2.59. The number of aromatic nitrogens is 3. The molecule has 90 valence electrons. The molecule has 0 amide bonds. The molecule has 0 saturated carbocycles. The monoisotopic (exact) mass is 223 g/mol. The Hall–Kier alpha value is -0.940. The summed E-state index contributed by atoms with van der Waals surface area (Å²) in [5, 5.41) is 7.58. The maximum Gasteiger partial charge on any atom is 0.140 e. The summed E-state index contributed by atoms with van der Waals surface area (Å²) < 4.78 is 1.87. The zero-order chi connectivity index (χ0) is 11.4. The molecule has 1 atom stereocenters. The van der Waals surface area contributed by atoms with Gasteiger partial charge in [-0.25, -0.2) is 4.98 Å². The highest BCUT2D eigenvalue weighted by atomic mass is 15.3. The molecule has 1 unspecified atom stereocenters. The number of hydrogen-bond acceptors (Lipinski definition) is 4. The second-order valence-electron chi connectivity index (χ2n) is 4.42. The van der Waals surface area contributed by atoms with Crippen LogP contribution in [0.1, 0.15) is 25.6 Å². The third-order valence-corrected chi connectivity index (χ3v) is 3.24. The topological polar surface area (TPSA) is 46.0 Å². The molecule has 1 aromatic heterocycles. The van der Waals surface area contributed by atoms with Crippen LogP contribution in [0.4, 0.5) is 0 Å². The van der Waals surface area contributed by atoms with E-state index in [1.807, 2.05) is 11.7 Å². The molecule has 1 saturated heterocycles. The summed E-state index contributed by atoms with van der Waals surface area (Å²) in [6.45, 7) is 6.46. The highest BCUT2D eigenvalue weighted by Crippen LogP contribution is 2.12. The van der Waals surface area contributed by atoms with Crippen LogP contribution in [-0.4, -0.2) is 45.3 Å². The summed E-state index contributed by atoms with van der Waals surface area (Å²) >= 11 is 0. The van der Waals surface area contributed by atoms with Crippen LogP contribution in [0.5, 0.6) is 0 Å². The Morgan fingerprint density at radius 2 is 2.44 bits per heavy atom. The lowest BCUT2D eigenvalue weighted by Crippen LogP contribution is -2.50. The largest absolute Gasteiger partial charge is 0.314 e. The maximum absolute atomic E-state index is 4.29. The van der Waals surface area contributed by atoms with Gasteiger partial charge in [0.1, 0.15) is 12.2 Å². The van der Waals surface area contributed by atoms with E-state index in [9.17, 15) is 0 Å². The molecule has 2 rings (SSSR count). The summed E-state index contributed by atoms with van der Waals surface area (Å²) in [7, 11) is 1.96. The van der Waals surface area contributed by atoms with Crippen LogP contribution in [0.25, 0.3) is 0 Å². The van der Waals surface area contributed by atoms with E-state index in [-0.39, 0.29) is 0 Å². The van der Waals surface area contributed by atoms with Crippen LogP contribution in [0, 0.1) is 0 Å². The molecule has 1 N–H and O–H groups in total. The lowest BCUT2D eigenvalue weighted by molar-refractivity contribution is 0.139. The fraction of sp³-hybridized carbons (Fsp3) is 0.818. The van der Waals surface area contributed by atoms with Crippen LogP contribution < -0.4 is 5.32 Å². The molecule has 5 heteroatoms. The Labute approximate surface area is 96.8 Å². The molecule has 16 heavy (non-hydrogen) atoms. The van der Waals surface area contributed by atoms with Crippen LogP contribution in [0.2, 0.25) is 0 Å². The first-order chi connectivity index (χ1) is 7.81. The number of rotatable bonds is 4. The van der Waals surface area contributed by atoms with Gasteiger partial charge >= 0.3 is 0 Å². The number of nitrogens with zero attached hydrogens (tertiary/aromatic N) is 4. The van der Waals surface area contributed by atoms with Crippen molar-refractivity contribution in [1.82, 2.24) is 25.0 Å². The zero-order valence-electron chi connectivity index (χ0n) is 10.2. The second kappa shape index (κ2) is 5.41. The minimum absolute atomic E-state index is 0.649. The SMILES string of the molecule is CCCC1CNCCN1Cc1ncnn1C. The van der Waals surface area contributed by atoms with Crippen molar-refractivity contribution in [3.8, 4) is 0 Å². The molecule has 1 fully saturated rings.